The molecule has 0 radical (unpaired) electrons. The van der Waals surface area contributed by atoms with E-state index in [1.165, 1.54) is 0 Å². The van der Waals surface area contributed by atoms with Crippen molar-refractivity contribution < 1.29 is 9.47 Å². The normalized spacial score (nSPS) is 17.7. The Bertz CT molecular complexity index is 1160. The van der Waals surface area contributed by atoms with Gasteiger partial charge in [-0.2, -0.15) is 5.26 Å². The summed E-state index contributed by atoms with van der Waals surface area (Å²) in [5.74, 6) is 0.856. The number of hydrogen-bond acceptors (Lipinski definition) is 5. The smallest absolute Gasteiger partial charge is 0.283 e. The molecule has 1 unspecified atom stereocenters. The first kappa shape index (κ1) is 19.5. The van der Waals surface area contributed by atoms with Gasteiger partial charge in [-0.1, -0.05) is 36.4 Å². The van der Waals surface area contributed by atoms with Crippen LogP contribution in [0.3, 0.4) is 0 Å². The van der Waals surface area contributed by atoms with Gasteiger partial charge in [0.2, 0.25) is 0 Å². The molecule has 5 heteroatoms. The fourth-order valence-electron chi connectivity index (χ4n) is 3.84. The Labute approximate surface area is 176 Å². The highest BCUT2D eigenvalue weighted by Gasteiger charge is 2.40. The third-order valence-corrected chi connectivity index (χ3v) is 5.35. The van der Waals surface area contributed by atoms with Gasteiger partial charge in [-0.05, 0) is 72.0 Å². The average Bonchev–Trinajstić information content (AvgIpc) is 3.18. The van der Waals surface area contributed by atoms with Crippen LogP contribution in [0.4, 0.5) is 0 Å². The maximum atomic E-state index is 9.23. The summed E-state index contributed by atoms with van der Waals surface area (Å²) in [6, 6.07) is 24.2. The van der Waals surface area contributed by atoms with Crippen molar-refractivity contribution in [2.45, 2.75) is 19.4 Å². The van der Waals surface area contributed by atoms with E-state index >= 15 is 0 Å². The van der Waals surface area contributed by atoms with E-state index < -0.39 is 5.54 Å². The molecule has 2 N–H and O–H groups in total. The number of aryl methyl sites for hydroxylation is 1. The molecule has 150 valence electrons. The lowest BCUT2D eigenvalue weighted by Gasteiger charge is -2.26. The molecule has 1 aliphatic heterocycles. The largest absolute Gasteiger partial charge is 0.494 e. The Hall–Kier alpha value is -3.78. The highest BCUT2D eigenvalue weighted by Crippen LogP contribution is 2.40. The number of nitriles is 1. The first-order valence-corrected chi connectivity index (χ1v) is 9.89. The summed E-state index contributed by atoms with van der Waals surface area (Å²) >= 11 is 0. The van der Waals surface area contributed by atoms with Crippen LogP contribution in [0.15, 0.2) is 71.7 Å². The molecule has 1 heterocycles. The summed E-state index contributed by atoms with van der Waals surface area (Å²) in [5, 5.41) is 9.23. The first-order chi connectivity index (χ1) is 14.6. The lowest BCUT2D eigenvalue weighted by Crippen LogP contribution is -2.27. The van der Waals surface area contributed by atoms with Gasteiger partial charge in [0.05, 0.1) is 18.2 Å². The Balaban J connectivity index is 1.83. The molecule has 5 nitrogen and oxygen atoms in total. The van der Waals surface area contributed by atoms with Crippen LogP contribution in [0.25, 0.3) is 11.1 Å². The molecule has 0 saturated carbocycles. The molecule has 0 saturated heterocycles. The van der Waals surface area contributed by atoms with Crippen LogP contribution in [0.2, 0.25) is 0 Å². The molecular weight excluding hydrogens is 374 g/mol. The molecular formula is C25H23N3O2. The van der Waals surface area contributed by atoms with Crippen molar-refractivity contribution >= 4 is 6.02 Å². The fourth-order valence-corrected chi connectivity index (χ4v) is 3.84. The molecule has 0 amide bonds. The van der Waals surface area contributed by atoms with Gasteiger partial charge in [-0.25, -0.2) is 4.99 Å². The van der Waals surface area contributed by atoms with Crippen LogP contribution in [-0.2, 0) is 10.3 Å². The summed E-state index contributed by atoms with van der Waals surface area (Å²) < 4.78 is 11.3. The summed E-state index contributed by atoms with van der Waals surface area (Å²) in [5.41, 5.74) is 10.8. The molecule has 1 aliphatic rings. The number of nitrogens with two attached hydrogens (primary N) is 1. The number of benzene rings is 3. The van der Waals surface area contributed by atoms with Crippen molar-refractivity contribution in [2.24, 2.45) is 10.7 Å². The van der Waals surface area contributed by atoms with Gasteiger partial charge in [-0.3, -0.25) is 0 Å². The minimum Gasteiger partial charge on any atom is -0.494 e. The fraction of sp³-hybridized carbons (Fsp3) is 0.200. The van der Waals surface area contributed by atoms with Gasteiger partial charge in [0.25, 0.3) is 6.02 Å². The number of rotatable bonds is 5. The standard InChI is InChI=1S/C25H23N3O2/c1-3-29-23-11-10-22(12-17(23)2)25(16-30-24(27)28-25)21-9-5-8-20(14-21)19-7-4-6-18(13-19)15-26/h4-14H,3,16H2,1-2H3,(H2,27,28). The van der Waals surface area contributed by atoms with Crippen molar-refractivity contribution in [3.8, 4) is 22.9 Å². The van der Waals surface area contributed by atoms with Crippen LogP contribution >= 0.6 is 0 Å². The zero-order valence-electron chi connectivity index (χ0n) is 17.1. The van der Waals surface area contributed by atoms with E-state index in [9.17, 15) is 5.26 Å². The van der Waals surface area contributed by atoms with Gasteiger partial charge in [-0.15, -0.1) is 0 Å². The van der Waals surface area contributed by atoms with Gasteiger partial charge in [0, 0.05) is 0 Å². The molecule has 0 aliphatic carbocycles. The number of ether oxygens (including phenoxy) is 2. The van der Waals surface area contributed by atoms with E-state index in [4.69, 9.17) is 20.2 Å². The maximum Gasteiger partial charge on any atom is 0.283 e. The number of nitrogens with zero attached hydrogens (tertiary/aromatic N) is 2. The van der Waals surface area contributed by atoms with Crippen molar-refractivity contribution in [3.05, 3.63) is 89.0 Å². The van der Waals surface area contributed by atoms with E-state index in [1.807, 2.05) is 62.4 Å². The highest BCUT2D eigenvalue weighted by molar-refractivity contribution is 5.76. The summed E-state index contributed by atoms with van der Waals surface area (Å²) in [6.45, 7) is 4.93. The molecule has 0 spiro atoms. The van der Waals surface area contributed by atoms with Crippen molar-refractivity contribution in [2.75, 3.05) is 13.2 Å². The Morgan fingerprint density at radius 2 is 1.80 bits per heavy atom. The van der Waals surface area contributed by atoms with E-state index in [0.717, 1.165) is 33.6 Å². The predicted octanol–water partition coefficient (Wildman–Crippen LogP) is 4.52. The van der Waals surface area contributed by atoms with Crippen molar-refractivity contribution in [3.63, 3.8) is 0 Å². The number of aliphatic imine (C=N–C) groups is 1. The molecule has 30 heavy (non-hydrogen) atoms. The van der Waals surface area contributed by atoms with Crippen LogP contribution in [-0.4, -0.2) is 19.2 Å². The monoisotopic (exact) mass is 397 g/mol. The third kappa shape index (κ3) is 3.48. The average molecular weight is 397 g/mol. The molecule has 3 aromatic rings. The van der Waals surface area contributed by atoms with Gasteiger partial charge in [0.15, 0.2) is 5.54 Å². The van der Waals surface area contributed by atoms with E-state index in [1.54, 1.807) is 6.07 Å². The molecule has 0 fully saturated rings. The quantitative estimate of drug-likeness (QED) is 0.686. The third-order valence-electron chi connectivity index (χ3n) is 5.35. The zero-order valence-corrected chi connectivity index (χ0v) is 17.1. The van der Waals surface area contributed by atoms with Crippen LogP contribution in [0.1, 0.15) is 29.2 Å². The number of hydrogen-bond donors (Lipinski definition) is 1. The van der Waals surface area contributed by atoms with Gasteiger partial charge < -0.3 is 15.2 Å². The first-order valence-electron chi connectivity index (χ1n) is 9.89. The lowest BCUT2D eigenvalue weighted by molar-refractivity contribution is 0.278. The SMILES string of the molecule is CCOc1ccc(C2(c3cccc(-c4cccc(C#N)c4)c3)COC(N)=N2)cc1C. The Morgan fingerprint density at radius 1 is 1.07 bits per heavy atom. The second-order valence-corrected chi connectivity index (χ2v) is 7.29. The lowest BCUT2D eigenvalue weighted by atomic mass is 9.82. The highest BCUT2D eigenvalue weighted by atomic mass is 16.5. The molecule has 3 aromatic carbocycles. The maximum absolute atomic E-state index is 9.23. The second-order valence-electron chi connectivity index (χ2n) is 7.29. The van der Waals surface area contributed by atoms with E-state index in [-0.39, 0.29) is 6.02 Å². The molecule has 0 aromatic heterocycles. The Kier molecular flexibility index (Phi) is 5.16. The topological polar surface area (TPSA) is 80.6 Å². The Morgan fingerprint density at radius 3 is 2.47 bits per heavy atom. The minimum absolute atomic E-state index is 0.179. The van der Waals surface area contributed by atoms with Gasteiger partial charge >= 0.3 is 0 Å². The predicted molar refractivity (Wildman–Crippen MR) is 117 cm³/mol. The second kappa shape index (κ2) is 7.92. The van der Waals surface area contributed by atoms with Crippen LogP contribution in [0, 0.1) is 18.3 Å². The number of amidine groups is 1. The summed E-state index contributed by atoms with van der Waals surface area (Å²) in [6.07, 6.45) is 0. The van der Waals surface area contributed by atoms with Gasteiger partial charge in [0.1, 0.15) is 12.4 Å². The molecule has 0 bridgehead atoms. The molecule has 1 atom stereocenters. The zero-order chi connectivity index (χ0) is 21.1. The van der Waals surface area contributed by atoms with E-state index in [0.29, 0.717) is 18.8 Å². The van der Waals surface area contributed by atoms with Crippen LogP contribution in [0.5, 0.6) is 5.75 Å². The molecule has 4 rings (SSSR count). The van der Waals surface area contributed by atoms with Crippen molar-refractivity contribution in [1.82, 2.24) is 0 Å². The van der Waals surface area contributed by atoms with E-state index in [2.05, 4.69) is 18.2 Å². The van der Waals surface area contributed by atoms with Crippen molar-refractivity contribution in [1.29, 1.82) is 5.26 Å². The minimum atomic E-state index is -0.734. The summed E-state index contributed by atoms with van der Waals surface area (Å²) in [7, 11) is 0. The van der Waals surface area contributed by atoms with Crippen LogP contribution < -0.4 is 10.5 Å². The summed E-state index contributed by atoms with van der Waals surface area (Å²) in [4.78, 5) is 4.72.